The third kappa shape index (κ3) is 5.69. The lowest BCUT2D eigenvalue weighted by atomic mass is 9.82. The summed E-state index contributed by atoms with van der Waals surface area (Å²) >= 11 is 0. The normalized spacial score (nSPS) is 23.2. The van der Waals surface area contributed by atoms with Gasteiger partial charge in [-0.25, -0.2) is 0 Å². The van der Waals surface area contributed by atoms with Crippen molar-refractivity contribution >= 4 is 37.3 Å². The van der Waals surface area contributed by atoms with Crippen LogP contribution < -0.4 is 19.3 Å². The number of carbonyl (C=O) groups is 2. The lowest BCUT2D eigenvalue weighted by Crippen LogP contribution is -2.45. The van der Waals surface area contributed by atoms with Gasteiger partial charge in [-0.15, -0.1) is 5.10 Å². The highest BCUT2D eigenvalue weighted by molar-refractivity contribution is 6.72. The van der Waals surface area contributed by atoms with Gasteiger partial charge in [0.25, 0.3) is 11.8 Å². The molecule has 0 aliphatic carbocycles. The summed E-state index contributed by atoms with van der Waals surface area (Å²) in [5.41, 5.74) is 2.25. The molecule has 1 N–H and O–H groups in total. The van der Waals surface area contributed by atoms with Gasteiger partial charge in [0.05, 0.1) is 36.8 Å². The molecular formula is C36H40FN5O6Si. The number of methoxy groups -OCH3 is 1. The van der Waals surface area contributed by atoms with Crippen molar-refractivity contribution in [3.63, 3.8) is 0 Å². The lowest BCUT2D eigenvalue weighted by Gasteiger charge is -2.31. The zero-order valence-corrected chi connectivity index (χ0v) is 29.0. The van der Waals surface area contributed by atoms with Crippen molar-refractivity contribution in [3.8, 4) is 11.5 Å². The summed E-state index contributed by atoms with van der Waals surface area (Å²) in [6.45, 7) is 5.82. The van der Waals surface area contributed by atoms with Gasteiger partial charge in [0.1, 0.15) is 11.5 Å². The van der Waals surface area contributed by atoms with E-state index in [2.05, 4.69) is 10.3 Å². The van der Waals surface area contributed by atoms with Crippen LogP contribution in [0.4, 0.5) is 21.2 Å². The van der Waals surface area contributed by atoms with Crippen molar-refractivity contribution < 1.29 is 33.0 Å². The van der Waals surface area contributed by atoms with Crippen LogP contribution in [0.2, 0.25) is 18.6 Å². The second-order valence-electron chi connectivity index (χ2n) is 13.4. The maximum Gasteiger partial charge on any atom is 0.269 e. The zero-order valence-electron chi connectivity index (χ0n) is 28.0. The number of aryl methyl sites for hydroxylation is 1. The highest BCUT2D eigenvalue weighted by atomic mass is 28.4. The number of fused-ring (bicyclic) bond motifs is 3. The Hall–Kier alpha value is -4.59. The number of aliphatic hydroxyl groups excluding tert-OH is 1. The molecule has 2 amide bonds. The Bertz CT molecular complexity index is 1900. The summed E-state index contributed by atoms with van der Waals surface area (Å²) < 4.78 is 36.1. The third-order valence-corrected chi connectivity index (χ3v) is 12.4. The monoisotopic (exact) mass is 685 g/mol. The van der Waals surface area contributed by atoms with Gasteiger partial charge in [0, 0.05) is 48.5 Å². The summed E-state index contributed by atoms with van der Waals surface area (Å²) in [5, 5.41) is 17.6. The van der Waals surface area contributed by atoms with E-state index in [0.29, 0.717) is 59.2 Å². The second kappa shape index (κ2) is 12.7. The maximum absolute atomic E-state index is 16.3. The summed E-state index contributed by atoms with van der Waals surface area (Å²) in [4.78, 5) is 31.3. The van der Waals surface area contributed by atoms with Crippen LogP contribution in [0.15, 0.2) is 72.9 Å². The first kappa shape index (κ1) is 32.9. The highest BCUT2D eigenvalue weighted by Gasteiger charge is 2.66. The maximum atomic E-state index is 16.3. The average molecular weight is 686 g/mol. The molecule has 0 bridgehead atoms. The summed E-state index contributed by atoms with van der Waals surface area (Å²) in [5.74, 6) is 0.284. The molecule has 3 aliphatic rings. The number of rotatable bonds is 10. The minimum Gasteiger partial charge on any atom is -0.497 e. The van der Waals surface area contributed by atoms with Gasteiger partial charge in [-0.2, -0.15) is 0 Å². The van der Waals surface area contributed by atoms with E-state index in [4.69, 9.17) is 14.2 Å². The van der Waals surface area contributed by atoms with Gasteiger partial charge in [-0.1, -0.05) is 36.4 Å². The number of benzene rings is 3. The van der Waals surface area contributed by atoms with Gasteiger partial charge < -0.3 is 28.3 Å². The number of aromatic nitrogens is 3. The molecule has 3 aromatic carbocycles. The van der Waals surface area contributed by atoms with Crippen LogP contribution in [0.5, 0.6) is 11.5 Å². The first-order valence-corrected chi connectivity index (χ1v) is 19.5. The number of halogens is 1. The number of carbonyl (C=O) groups excluding carboxylic acids is 2. The van der Waals surface area contributed by atoms with E-state index in [1.54, 1.807) is 40.9 Å². The van der Waals surface area contributed by atoms with Crippen LogP contribution in [0.3, 0.4) is 0 Å². The molecule has 11 nitrogen and oxygen atoms in total. The predicted molar refractivity (Wildman–Crippen MR) is 183 cm³/mol. The Morgan fingerprint density at radius 1 is 1.08 bits per heavy atom. The molecule has 1 saturated heterocycles. The molecular weight excluding hydrogens is 646 g/mol. The molecule has 4 heterocycles. The third-order valence-electron chi connectivity index (χ3n) is 9.98. The number of para-hydroxylation sites is 2. The molecule has 49 heavy (non-hydrogen) atoms. The summed E-state index contributed by atoms with van der Waals surface area (Å²) in [6, 6.07) is 20.5. The van der Waals surface area contributed by atoms with Crippen molar-refractivity contribution in [1.29, 1.82) is 0 Å². The Morgan fingerprint density at radius 3 is 2.67 bits per heavy atom. The molecule has 1 aromatic heterocycles. The summed E-state index contributed by atoms with van der Waals surface area (Å²) in [7, 11) is -1.80. The fourth-order valence-corrected chi connectivity index (χ4v) is 10.4. The number of ether oxygens (including phenoxy) is 3. The Kier molecular flexibility index (Phi) is 8.53. The van der Waals surface area contributed by atoms with Crippen LogP contribution in [0.25, 0.3) is 0 Å². The molecule has 4 aromatic rings. The highest BCUT2D eigenvalue weighted by Crippen LogP contribution is 2.60. The Morgan fingerprint density at radius 2 is 1.90 bits per heavy atom. The van der Waals surface area contributed by atoms with E-state index in [1.807, 2.05) is 73.7 Å². The van der Waals surface area contributed by atoms with E-state index < -0.39 is 31.6 Å². The second-order valence-corrected chi connectivity index (χ2v) is 17.2. The van der Waals surface area contributed by atoms with E-state index in [-0.39, 0.29) is 31.6 Å². The van der Waals surface area contributed by atoms with Crippen LogP contribution in [0.1, 0.15) is 30.2 Å². The van der Waals surface area contributed by atoms with Crippen molar-refractivity contribution in [3.05, 3.63) is 89.7 Å². The van der Waals surface area contributed by atoms with Crippen molar-refractivity contribution in [2.75, 3.05) is 30.1 Å². The lowest BCUT2D eigenvalue weighted by molar-refractivity contribution is -0.146. The Balaban J connectivity index is 1.23. The molecule has 256 valence electrons. The number of nitrogens with zero attached hydrogens (tertiary/aromatic N) is 5. The van der Waals surface area contributed by atoms with Gasteiger partial charge in [0.2, 0.25) is 8.41 Å². The van der Waals surface area contributed by atoms with Gasteiger partial charge in [-0.05, 0) is 67.5 Å². The smallest absolute Gasteiger partial charge is 0.269 e. The number of hydrogen-bond donors (Lipinski definition) is 1. The molecule has 3 aliphatic heterocycles. The van der Waals surface area contributed by atoms with Gasteiger partial charge in [0.15, 0.2) is 12.2 Å². The molecule has 1 fully saturated rings. The molecule has 4 atom stereocenters. The average Bonchev–Trinajstić information content (AvgIpc) is 3.73. The van der Waals surface area contributed by atoms with E-state index in [1.165, 1.54) is 0 Å². The zero-order chi connectivity index (χ0) is 34.5. The number of hydrogen-bond acceptors (Lipinski definition) is 8. The Labute approximate surface area is 285 Å². The molecule has 7 rings (SSSR count). The van der Waals surface area contributed by atoms with Crippen LogP contribution >= 0.6 is 0 Å². The molecule has 13 heteroatoms. The fraction of sp³-hybridized carbons (Fsp3) is 0.389. The minimum absolute atomic E-state index is 0.0285. The van der Waals surface area contributed by atoms with Crippen LogP contribution in [-0.2, 0) is 39.4 Å². The summed E-state index contributed by atoms with van der Waals surface area (Å²) in [6.07, 6.45) is 2.06. The van der Waals surface area contributed by atoms with Crippen LogP contribution in [-0.4, -0.2) is 66.7 Å². The fourth-order valence-electron chi connectivity index (χ4n) is 7.88. The van der Waals surface area contributed by atoms with Crippen molar-refractivity contribution in [2.24, 2.45) is 5.92 Å². The standard InChI is InChI=1S/C36H40FN5O6Si/c1-23-34(49(3,4)37)32(14-16-40-21-25(15-17-43)38-39-40)48-36(23)28-19-27(46-2)12-13-29(28)41(35(36)45)20-24-8-7-9-26(18-24)42-30-10-5-6-11-31(30)47-22-33(42)44/h5-13,18-19,21,23,32,34,43H,14-17,20,22H2,1-4H3/t23-,32+,34-,36+/m1/s1. The largest absolute Gasteiger partial charge is 0.497 e. The van der Waals surface area contributed by atoms with Crippen molar-refractivity contribution in [2.45, 2.75) is 63.2 Å². The molecule has 0 radical (unpaired) electrons. The van der Waals surface area contributed by atoms with Crippen molar-refractivity contribution in [1.82, 2.24) is 15.0 Å². The number of aliphatic hydroxyl groups is 1. The quantitative estimate of drug-likeness (QED) is 0.177. The van der Waals surface area contributed by atoms with E-state index >= 15 is 4.11 Å². The SMILES string of the molecule is COc1ccc2c(c1)[C@]1(O[C@@H](CCn3cc(CCO)nn3)[C@H]([Si](C)(C)F)[C@H]1C)C(=O)N2Cc1cccc(N2C(=O)COc3ccccc32)c1. The first-order valence-electron chi connectivity index (χ1n) is 16.6. The molecule has 0 saturated carbocycles. The number of amides is 2. The van der Waals surface area contributed by atoms with E-state index in [0.717, 1.165) is 5.56 Å². The topological polar surface area (TPSA) is 119 Å². The van der Waals surface area contributed by atoms with Gasteiger partial charge >= 0.3 is 0 Å². The molecule has 0 unspecified atom stereocenters. The minimum atomic E-state index is -3.37. The number of anilines is 3. The molecule has 1 spiro atoms. The first-order chi connectivity index (χ1) is 23.5. The predicted octanol–water partition coefficient (Wildman–Crippen LogP) is 5.29. The van der Waals surface area contributed by atoms with Gasteiger partial charge in [-0.3, -0.25) is 19.2 Å². The van der Waals surface area contributed by atoms with E-state index in [9.17, 15) is 14.7 Å². The van der Waals surface area contributed by atoms with Crippen LogP contribution in [0, 0.1) is 5.92 Å².